The Morgan fingerprint density at radius 3 is 1.85 bits per heavy atom. The van der Waals surface area contributed by atoms with Crippen LogP contribution in [0.1, 0.15) is 122 Å². The van der Waals surface area contributed by atoms with Gasteiger partial charge in [-0.1, -0.05) is 137 Å². The molecule has 4 amide bonds. The number of fused-ring (bicyclic) bond motifs is 3. The lowest BCUT2D eigenvalue weighted by atomic mass is 9.98. The molecule has 3 N–H and O–H groups in total. The van der Waals surface area contributed by atoms with Gasteiger partial charge in [0, 0.05) is 23.9 Å². The number of benzene rings is 4. The molecule has 4 aromatic carbocycles. The fourth-order valence-electron chi connectivity index (χ4n) is 10.2. The number of rotatable bonds is 20. The molecule has 0 saturated carbocycles. The second-order valence-corrected chi connectivity index (χ2v) is 32.7. The van der Waals surface area contributed by atoms with Gasteiger partial charge in [0.1, 0.15) is 24.3 Å². The summed E-state index contributed by atoms with van der Waals surface area (Å²) in [6, 6.07) is 23.5. The number of nitrogens with one attached hydrogen (secondary N) is 3. The number of nitrogens with zero attached hydrogens (tertiary/aromatic N) is 2. The van der Waals surface area contributed by atoms with E-state index >= 15 is 0 Å². The number of carbonyl (C=O) groups excluding carboxylic acids is 4. The van der Waals surface area contributed by atoms with Gasteiger partial charge in [-0.25, -0.2) is 4.79 Å². The van der Waals surface area contributed by atoms with Gasteiger partial charge in [0.25, 0.3) is 19.9 Å². The largest absolute Gasteiger partial charge is 0.540 e. The molecule has 0 spiro atoms. The fourth-order valence-corrected chi connectivity index (χ4v) is 16.5. The Morgan fingerprint density at radius 1 is 0.770 bits per heavy atom. The van der Waals surface area contributed by atoms with Gasteiger partial charge in [-0.05, 0) is 99.5 Å². The van der Waals surface area contributed by atoms with E-state index in [1.165, 1.54) is 24.1 Å². The zero-order chi connectivity index (χ0) is 54.6. The molecule has 4 aromatic rings. The molecule has 0 fully saturated rings. The Hall–Kier alpha value is -6.31. The van der Waals surface area contributed by atoms with Crippen molar-refractivity contribution in [2.24, 2.45) is 5.92 Å². The summed E-state index contributed by atoms with van der Waals surface area (Å²) >= 11 is 0. The van der Waals surface area contributed by atoms with Crippen molar-refractivity contribution >= 4 is 57.4 Å². The van der Waals surface area contributed by atoms with Crippen molar-refractivity contribution in [3.63, 3.8) is 0 Å². The second-order valence-electron chi connectivity index (χ2n) is 22.5. The van der Waals surface area contributed by atoms with Crippen LogP contribution in [-0.4, -0.2) is 88.7 Å². The number of anilines is 1. The van der Waals surface area contributed by atoms with Crippen LogP contribution in [0, 0.1) is 16.0 Å². The molecule has 0 unspecified atom stereocenters. The second kappa shape index (κ2) is 23.1. The first kappa shape index (κ1) is 57.0. The minimum atomic E-state index is -2.58. The number of hydrogen-bond acceptors (Lipinski definition) is 10. The summed E-state index contributed by atoms with van der Waals surface area (Å²) in [5, 5.41) is 21.1. The van der Waals surface area contributed by atoms with Gasteiger partial charge >= 0.3 is 6.09 Å². The minimum absolute atomic E-state index is 0.0898. The van der Waals surface area contributed by atoms with Crippen LogP contribution < -0.4 is 25.1 Å². The molecule has 1 aliphatic heterocycles. The molecular weight excluding hydrogens is 971 g/mol. The Bertz CT molecular complexity index is 2680. The summed E-state index contributed by atoms with van der Waals surface area (Å²) in [6.45, 7) is 28.9. The van der Waals surface area contributed by atoms with Crippen molar-refractivity contribution in [1.29, 1.82) is 0 Å². The molecule has 0 radical (unpaired) electrons. The zero-order valence-corrected chi connectivity index (χ0v) is 47.9. The van der Waals surface area contributed by atoms with Crippen LogP contribution in [0.15, 0.2) is 91.1 Å². The van der Waals surface area contributed by atoms with E-state index in [4.69, 9.17) is 18.3 Å². The van der Waals surface area contributed by atoms with Crippen LogP contribution in [0.2, 0.25) is 34.8 Å². The summed E-state index contributed by atoms with van der Waals surface area (Å²) in [6.07, 6.45) is 1.39. The highest BCUT2D eigenvalue weighted by atomic mass is 28.4. The maximum Gasteiger partial charge on any atom is 0.407 e. The smallest absolute Gasteiger partial charge is 0.407 e. The van der Waals surface area contributed by atoms with E-state index < -0.39 is 63.5 Å². The van der Waals surface area contributed by atoms with Crippen molar-refractivity contribution in [2.45, 2.75) is 148 Å². The van der Waals surface area contributed by atoms with Gasteiger partial charge in [-0.2, -0.15) is 0 Å². The van der Waals surface area contributed by atoms with Crippen LogP contribution in [0.25, 0.3) is 16.7 Å². The molecule has 1 heterocycles. The van der Waals surface area contributed by atoms with Crippen LogP contribution in [0.5, 0.6) is 11.5 Å². The maximum absolute atomic E-state index is 14.8. The van der Waals surface area contributed by atoms with Crippen molar-refractivity contribution in [3.8, 4) is 22.6 Å². The molecule has 0 bridgehead atoms. The lowest BCUT2D eigenvalue weighted by molar-refractivity contribution is -0.385. The molecule has 1 aliphatic carbocycles. The summed E-state index contributed by atoms with van der Waals surface area (Å²) in [5.41, 5.74) is 6.41. The van der Waals surface area contributed by atoms with Crippen LogP contribution in [0.3, 0.4) is 0 Å². The highest BCUT2D eigenvalue weighted by Gasteiger charge is 2.48. The van der Waals surface area contributed by atoms with E-state index in [9.17, 15) is 29.3 Å². The Kier molecular flexibility index (Phi) is 17.8. The van der Waals surface area contributed by atoms with Crippen molar-refractivity contribution in [3.05, 3.63) is 123 Å². The molecule has 0 saturated heterocycles. The van der Waals surface area contributed by atoms with E-state index in [0.717, 1.165) is 33.4 Å². The molecule has 2 aliphatic rings. The highest BCUT2D eigenvalue weighted by molar-refractivity contribution is 6.78. The average Bonchev–Trinajstić information content (AvgIpc) is 3.91. The average molecular weight is 1050 g/mol. The lowest BCUT2D eigenvalue weighted by Gasteiger charge is -2.42. The van der Waals surface area contributed by atoms with Crippen molar-refractivity contribution in [1.82, 2.24) is 15.5 Å². The number of alkyl carbamates (subject to hydrolysis) is 1. The Labute approximate surface area is 439 Å². The molecule has 6 rings (SSSR count). The Balaban J connectivity index is 1.16. The lowest BCUT2D eigenvalue weighted by Crippen LogP contribution is -2.53. The number of hydrogen-bond donors (Lipinski definition) is 3. The third kappa shape index (κ3) is 12.1. The number of carbonyl (C=O) groups is 4. The molecule has 3 atom stereocenters. The van der Waals surface area contributed by atoms with Crippen molar-refractivity contribution < 1.29 is 42.4 Å². The third-order valence-corrected chi connectivity index (χ3v) is 25.9. The van der Waals surface area contributed by atoms with Gasteiger partial charge in [-0.3, -0.25) is 24.5 Å². The van der Waals surface area contributed by atoms with E-state index in [-0.39, 0.29) is 69.5 Å². The fraction of sp³-hybridized carbons (Fsp3) is 0.474. The van der Waals surface area contributed by atoms with Gasteiger partial charge < -0.3 is 39.2 Å². The topological polar surface area (TPSA) is 188 Å². The first-order valence-electron chi connectivity index (χ1n) is 25.8. The summed E-state index contributed by atoms with van der Waals surface area (Å²) in [7, 11) is -3.42. The van der Waals surface area contributed by atoms with Crippen LogP contribution in [-0.2, 0) is 18.8 Å². The summed E-state index contributed by atoms with van der Waals surface area (Å²) in [5.74, 6) is -1.56. The van der Waals surface area contributed by atoms with E-state index in [0.29, 0.717) is 12.1 Å². The third-order valence-electron chi connectivity index (χ3n) is 15.4. The summed E-state index contributed by atoms with van der Waals surface area (Å²) in [4.78, 5) is 68.9. The molecule has 17 heteroatoms. The standard InChI is InChI=1S/C57H77N5O10Si2/c1-34(2)52(60-56(66)70-33-48-45-22-18-16-20-43(45)44-21-17-19-23-46(44)48)54(64)58-38(9)53(63)59-41-26-24-39(25-27-41)40-28-42(32-71-73(14,15)57(10,11)12)61(31-40)55(65)47-29-50(69-13)51(30-49(47)62(67)68)72-74(35(3)4,36(5)6)37(7)8/h16-27,29-31,34-38,42,48,52H,28,32-33H2,1-15H3,(H,58,64)(H,59,63)(H,60,66)/t38-,42-,52-/m0/s1. The first-order chi connectivity index (χ1) is 34.7. The summed E-state index contributed by atoms with van der Waals surface area (Å²) < 4.78 is 25.1. The quantitative estimate of drug-likeness (QED) is 0.0437. The predicted octanol–water partition coefficient (Wildman–Crippen LogP) is 12.4. The SMILES string of the molecule is COc1cc(C(=O)N2C=C(c3ccc(NC(=O)[C@H](C)NC(=O)[C@@H](NC(=O)OCC4c5ccccc5-c5ccccc54)C(C)C)cc3)C[C@H]2CO[Si](C)(C)C(C)(C)C)c([N+](=O)[O-])cc1O[Si](C(C)C)(C(C)C)C(C)C. The van der Waals surface area contributed by atoms with Gasteiger partial charge in [0.05, 0.1) is 30.7 Å². The number of methoxy groups -OCH3 is 1. The predicted molar refractivity (Wildman–Crippen MR) is 297 cm³/mol. The first-order valence-corrected chi connectivity index (χ1v) is 30.8. The van der Waals surface area contributed by atoms with Crippen LogP contribution >= 0.6 is 0 Å². The number of nitro benzene ring substituents is 1. The molecular formula is C57H77N5O10Si2. The zero-order valence-electron chi connectivity index (χ0n) is 45.9. The van der Waals surface area contributed by atoms with Crippen molar-refractivity contribution in [2.75, 3.05) is 25.6 Å². The molecule has 15 nitrogen and oxygen atoms in total. The minimum Gasteiger partial charge on any atom is -0.540 e. The van der Waals surface area contributed by atoms with Gasteiger partial charge in [-0.15, -0.1) is 0 Å². The molecule has 74 heavy (non-hydrogen) atoms. The number of ether oxygens (including phenoxy) is 2. The molecule has 398 valence electrons. The Morgan fingerprint density at radius 2 is 1.34 bits per heavy atom. The number of nitro groups is 1. The van der Waals surface area contributed by atoms with E-state index in [2.05, 4.69) is 103 Å². The highest BCUT2D eigenvalue weighted by Crippen LogP contribution is 2.48. The number of amides is 4. The van der Waals surface area contributed by atoms with E-state index in [1.807, 2.05) is 48.5 Å². The monoisotopic (exact) mass is 1050 g/mol. The van der Waals surface area contributed by atoms with Crippen LogP contribution in [0.4, 0.5) is 16.2 Å². The van der Waals surface area contributed by atoms with Gasteiger partial charge in [0.15, 0.2) is 19.8 Å². The van der Waals surface area contributed by atoms with E-state index in [1.54, 1.807) is 39.1 Å². The normalized spacial score (nSPS) is 15.6. The molecule has 0 aromatic heterocycles. The maximum atomic E-state index is 14.8. The van der Waals surface area contributed by atoms with Gasteiger partial charge in [0.2, 0.25) is 11.8 Å².